The Morgan fingerprint density at radius 2 is 1.87 bits per heavy atom. The zero-order valence-corrected chi connectivity index (χ0v) is 9.23. The third-order valence-corrected chi connectivity index (χ3v) is 1.93. The van der Waals surface area contributed by atoms with Crippen LogP contribution in [0.3, 0.4) is 0 Å². The van der Waals surface area contributed by atoms with Crippen molar-refractivity contribution in [2.24, 2.45) is 0 Å². The number of hydrogen-bond acceptors (Lipinski definition) is 2. The highest BCUT2D eigenvalue weighted by molar-refractivity contribution is 5.80. The molecule has 0 unspecified atom stereocenters. The lowest BCUT2D eigenvalue weighted by atomic mass is 10.1. The van der Waals surface area contributed by atoms with Crippen molar-refractivity contribution >= 4 is 5.97 Å². The molecule has 0 aromatic carbocycles. The van der Waals surface area contributed by atoms with E-state index in [1.54, 1.807) is 12.2 Å². The fraction of sp³-hybridized carbons (Fsp3) is 0.417. The SMILES string of the molecule is CC(/C=C/C(=O)O)=C\CC/C(C)=C/CO. The number of allylic oxidation sites excluding steroid dienone is 4. The Morgan fingerprint density at radius 3 is 2.40 bits per heavy atom. The van der Waals surface area contributed by atoms with E-state index in [1.807, 2.05) is 19.9 Å². The summed E-state index contributed by atoms with van der Waals surface area (Å²) in [6.07, 6.45) is 8.21. The summed E-state index contributed by atoms with van der Waals surface area (Å²) >= 11 is 0. The number of rotatable bonds is 6. The molecule has 0 rings (SSSR count). The van der Waals surface area contributed by atoms with Crippen LogP contribution >= 0.6 is 0 Å². The molecule has 84 valence electrons. The van der Waals surface area contributed by atoms with Crippen molar-refractivity contribution in [3.05, 3.63) is 35.5 Å². The van der Waals surface area contributed by atoms with Gasteiger partial charge in [-0.1, -0.05) is 29.4 Å². The second-order valence-corrected chi connectivity index (χ2v) is 3.39. The molecule has 0 bridgehead atoms. The first-order valence-electron chi connectivity index (χ1n) is 4.90. The minimum atomic E-state index is -0.931. The molecule has 0 aromatic rings. The third kappa shape index (κ3) is 8.97. The molecule has 0 amide bonds. The molecule has 0 atom stereocenters. The summed E-state index contributed by atoms with van der Waals surface area (Å²) < 4.78 is 0. The Bertz CT molecular complexity index is 285. The van der Waals surface area contributed by atoms with Crippen LogP contribution < -0.4 is 0 Å². The van der Waals surface area contributed by atoms with E-state index in [1.165, 1.54) is 0 Å². The molecule has 0 saturated carbocycles. The Hall–Kier alpha value is -1.35. The standard InChI is InChI=1S/C12H18O3/c1-10(6-7-12(14)15)4-3-5-11(2)8-9-13/h4,6-8,13H,3,5,9H2,1-2H3,(H,14,15)/b7-6+,10-4+,11-8+. The van der Waals surface area contributed by atoms with Crippen LogP contribution in [-0.2, 0) is 4.79 Å². The average Bonchev–Trinajstić information content (AvgIpc) is 2.15. The lowest BCUT2D eigenvalue weighted by Crippen LogP contribution is -1.86. The third-order valence-electron chi connectivity index (χ3n) is 1.93. The van der Waals surface area contributed by atoms with Gasteiger partial charge in [-0.25, -0.2) is 4.79 Å². The van der Waals surface area contributed by atoms with Crippen LogP contribution in [0, 0.1) is 0 Å². The molecule has 0 radical (unpaired) electrons. The van der Waals surface area contributed by atoms with Gasteiger partial charge in [-0.3, -0.25) is 0 Å². The lowest BCUT2D eigenvalue weighted by Gasteiger charge is -1.97. The van der Waals surface area contributed by atoms with Gasteiger partial charge in [0, 0.05) is 6.08 Å². The molecular formula is C12H18O3. The average molecular weight is 210 g/mol. The van der Waals surface area contributed by atoms with Crippen molar-refractivity contribution < 1.29 is 15.0 Å². The number of aliphatic hydroxyl groups is 1. The van der Waals surface area contributed by atoms with Gasteiger partial charge in [-0.2, -0.15) is 0 Å². The van der Waals surface area contributed by atoms with Crippen molar-refractivity contribution in [3.8, 4) is 0 Å². The second kappa shape index (κ2) is 8.00. The number of carboxylic acid groups (broad SMARTS) is 1. The van der Waals surface area contributed by atoms with Crippen LogP contribution in [-0.4, -0.2) is 22.8 Å². The van der Waals surface area contributed by atoms with Gasteiger partial charge in [0.15, 0.2) is 0 Å². The Labute approximate surface area is 90.4 Å². The highest BCUT2D eigenvalue weighted by atomic mass is 16.4. The molecule has 3 heteroatoms. The predicted octanol–water partition coefficient (Wildman–Crippen LogP) is 2.29. The molecule has 0 spiro atoms. The maximum absolute atomic E-state index is 10.2. The van der Waals surface area contributed by atoms with Gasteiger partial charge in [0.2, 0.25) is 0 Å². The van der Waals surface area contributed by atoms with Gasteiger partial charge < -0.3 is 10.2 Å². The molecule has 3 nitrogen and oxygen atoms in total. The topological polar surface area (TPSA) is 57.5 Å². The molecule has 15 heavy (non-hydrogen) atoms. The number of aliphatic hydroxyl groups excluding tert-OH is 1. The van der Waals surface area contributed by atoms with Crippen LogP contribution in [0.2, 0.25) is 0 Å². The Balaban J connectivity index is 3.96. The fourth-order valence-electron chi connectivity index (χ4n) is 1.06. The fourth-order valence-corrected chi connectivity index (χ4v) is 1.06. The maximum Gasteiger partial charge on any atom is 0.328 e. The molecule has 0 aliphatic rings. The summed E-state index contributed by atoms with van der Waals surface area (Å²) in [7, 11) is 0. The first-order valence-corrected chi connectivity index (χ1v) is 4.90. The number of aliphatic carboxylic acids is 1. The smallest absolute Gasteiger partial charge is 0.328 e. The van der Waals surface area contributed by atoms with Crippen LogP contribution in [0.25, 0.3) is 0 Å². The van der Waals surface area contributed by atoms with E-state index in [9.17, 15) is 4.79 Å². The zero-order chi connectivity index (χ0) is 11.7. The highest BCUT2D eigenvalue weighted by Gasteiger charge is 1.89. The minimum absolute atomic E-state index is 0.0768. The van der Waals surface area contributed by atoms with Gasteiger partial charge >= 0.3 is 5.97 Å². The van der Waals surface area contributed by atoms with Crippen LogP contribution in [0.1, 0.15) is 26.7 Å². The van der Waals surface area contributed by atoms with Crippen molar-refractivity contribution in [3.63, 3.8) is 0 Å². The van der Waals surface area contributed by atoms with E-state index in [0.717, 1.165) is 30.1 Å². The first-order chi connectivity index (χ1) is 7.06. The lowest BCUT2D eigenvalue weighted by molar-refractivity contribution is -0.131. The summed E-state index contributed by atoms with van der Waals surface area (Å²) in [6, 6.07) is 0. The predicted molar refractivity (Wildman–Crippen MR) is 60.6 cm³/mol. The molecule has 0 saturated heterocycles. The number of carbonyl (C=O) groups is 1. The number of hydrogen-bond donors (Lipinski definition) is 2. The van der Waals surface area contributed by atoms with Gasteiger partial charge in [0.25, 0.3) is 0 Å². The molecule has 2 N–H and O–H groups in total. The van der Waals surface area contributed by atoms with Crippen molar-refractivity contribution in [2.45, 2.75) is 26.7 Å². The zero-order valence-electron chi connectivity index (χ0n) is 9.23. The normalized spacial score (nSPS) is 13.5. The maximum atomic E-state index is 10.2. The molecule has 0 aliphatic heterocycles. The Morgan fingerprint density at radius 1 is 1.20 bits per heavy atom. The minimum Gasteiger partial charge on any atom is -0.478 e. The van der Waals surface area contributed by atoms with E-state index >= 15 is 0 Å². The van der Waals surface area contributed by atoms with E-state index in [0.29, 0.717) is 0 Å². The largest absolute Gasteiger partial charge is 0.478 e. The van der Waals surface area contributed by atoms with Crippen LogP contribution in [0.5, 0.6) is 0 Å². The molecule has 0 aliphatic carbocycles. The molecule has 0 heterocycles. The number of carboxylic acids is 1. The van der Waals surface area contributed by atoms with Gasteiger partial charge in [-0.05, 0) is 26.7 Å². The first kappa shape index (κ1) is 13.7. The van der Waals surface area contributed by atoms with Gasteiger partial charge in [0.1, 0.15) is 0 Å². The van der Waals surface area contributed by atoms with Crippen molar-refractivity contribution in [1.29, 1.82) is 0 Å². The van der Waals surface area contributed by atoms with Crippen LogP contribution in [0.4, 0.5) is 0 Å². The van der Waals surface area contributed by atoms with Crippen molar-refractivity contribution in [1.82, 2.24) is 0 Å². The molecule has 0 fully saturated rings. The summed E-state index contributed by atoms with van der Waals surface area (Å²) in [5.41, 5.74) is 2.08. The monoisotopic (exact) mass is 210 g/mol. The van der Waals surface area contributed by atoms with Crippen LogP contribution in [0.15, 0.2) is 35.5 Å². The molecular weight excluding hydrogens is 192 g/mol. The second-order valence-electron chi connectivity index (χ2n) is 3.39. The Kier molecular flexibility index (Phi) is 7.28. The summed E-state index contributed by atoms with van der Waals surface area (Å²) in [5, 5.41) is 17.0. The van der Waals surface area contributed by atoms with E-state index in [4.69, 9.17) is 10.2 Å². The van der Waals surface area contributed by atoms with Crippen molar-refractivity contribution in [2.75, 3.05) is 6.61 Å². The molecule has 0 aromatic heterocycles. The summed E-state index contributed by atoms with van der Waals surface area (Å²) in [5.74, 6) is -0.931. The van der Waals surface area contributed by atoms with E-state index < -0.39 is 5.97 Å². The summed E-state index contributed by atoms with van der Waals surface area (Å²) in [6.45, 7) is 3.91. The van der Waals surface area contributed by atoms with E-state index in [-0.39, 0.29) is 6.61 Å². The quantitative estimate of drug-likeness (QED) is 0.402. The van der Waals surface area contributed by atoms with Gasteiger partial charge in [0.05, 0.1) is 6.61 Å². The van der Waals surface area contributed by atoms with Gasteiger partial charge in [-0.15, -0.1) is 0 Å². The summed E-state index contributed by atoms with van der Waals surface area (Å²) in [4.78, 5) is 10.2. The highest BCUT2D eigenvalue weighted by Crippen LogP contribution is 2.06. The van der Waals surface area contributed by atoms with E-state index in [2.05, 4.69) is 0 Å².